The smallest absolute Gasteiger partial charge is 0.236 e. The highest BCUT2D eigenvalue weighted by Gasteiger charge is 2.35. The molecule has 1 atom stereocenters. The number of alkyl halides is 1. The van der Waals surface area contributed by atoms with Crippen LogP contribution in [0.5, 0.6) is 0 Å². The molecule has 0 aromatic carbocycles. The Labute approximate surface area is 93.9 Å². The fraction of sp³-hybridized carbons (Fsp3) is 0.900. The molecule has 3 nitrogen and oxygen atoms in total. The summed E-state index contributed by atoms with van der Waals surface area (Å²) in [6.45, 7) is 8.07. The van der Waals surface area contributed by atoms with Crippen LogP contribution in [0.2, 0.25) is 0 Å². The Morgan fingerprint density at radius 1 is 1.64 bits per heavy atom. The first-order valence-corrected chi connectivity index (χ1v) is 5.94. The number of halogens is 1. The van der Waals surface area contributed by atoms with Gasteiger partial charge >= 0.3 is 0 Å². The van der Waals surface area contributed by atoms with Crippen molar-refractivity contribution in [3.63, 3.8) is 0 Å². The third-order valence-electron chi connectivity index (χ3n) is 2.54. The monoisotopic (exact) mass is 263 g/mol. The number of morpholine rings is 1. The molecule has 1 heterocycles. The summed E-state index contributed by atoms with van der Waals surface area (Å²) in [6, 6.07) is 0. The highest BCUT2D eigenvalue weighted by atomic mass is 79.9. The first kappa shape index (κ1) is 12.0. The molecule has 0 spiro atoms. The lowest BCUT2D eigenvalue weighted by molar-refractivity contribution is -0.145. The molecular weight excluding hydrogens is 246 g/mol. The zero-order valence-corrected chi connectivity index (χ0v) is 10.6. The van der Waals surface area contributed by atoms with Gasteiger partial charge in [-0.15, -0.1) is 0 Å². The molecule has 1 fully saturated rings. The average molecular weight is 264 g/mol. The maximum absolute atomic E-state index is 12.0. The van der Waals surface area contributed by atoms with Gasteiger partial charge in [-0.05, 0) is 20.3 Å². The molecule has 0 aliphatic carbocycles. The highest BCUT2D eigenvalue weighted by Crippen LogP contribution is 2.22. The lowest BCUT2D eigenvalue weighted by Crippen LogP contribution is -2.57. The molecule has 0 saturated carbocycles. The summed E-state index contributed by atoms with van der Waals surface area (Å²) < 4.78 is 5.37. The van der Waals surface area contributed by atoms with Crippen LogP contribution >= 0.6 is 15.9 Å². The lowest BCUT2D eigenvalue weighted by Gasteiger charge is -2.42. The van der Waals surface area contributed by atoms with E-state index in [0.717, 1.165) is 6.42 Å². The van der Waals surface area contributed by atoms with Crippen molar-refractivity contribution in [3.8, 4) is 0 Å². The number of hydrogen-bond acceptors (Lipinski definition) is 2. The van der Waals surface area contributed by atoms with Crippen molar-refractivity contribution in [1.82, 2.24) is 4.90 Å². The predicted molar refractivity (Wildman–Crippen MR) is 59.6 cm³/mol. The molecule has 82 valence electrons. The molecule has 1 saturated heterocycles. The van der Waals surface area contributed by atoms with Gasteiger partial charge in [0.2, 0.25) is 5.91 Å². The van der Waals surface area contributed by atoms with Crippen LogP contribution in [-0.4, -0.2) is 40.9 Å². The maximum atomic E-state index is 12.0. The number of carbonyl (C=O) groups is 1. The van der Waals surface area contributed by atoms with E-state index in [-0.39, 0.29) is 16.3 Å². The Kier molecular flexibility index (Phi) is 3.95. The van der Waals surface area contributed by atoms with E-state index in [1.165, 1.54) is 0 Å². The Hall–Kier alpha value is -0.0900. The summed E-state index contributed by atoms with van der Waals surface area (Å²) in [5, 5.41) is 0. The zero-order valence-electron chi connectivity index (χ0n) is 9.05. The SMILES string of the molecule is CCC(Br)C(=O)N1CCOCC1(C)C. The molecule has 0 bridgehead atoms. The second-order valence-corrected chi connectivity index (χ2v) is 5.34. The Morgan fingerprint density at radius 3 is 2.79 bits per heavy atom. The minimum Gasteiger partial charge on any atom is -0.377 e. The minimum atomic E-state index is -0.170. The summed E-state index contributed by atoms with van der Waals surface area (Å²) in [7, 11) is 0. The molecule has 0 aromatic heterocycles. The largest absolute Gasteiger partial charge is 0.377 e. The Morgan fingerprint density at radius 2 is 2.29 bits per heavy atom. The summed E-state index contributed by atoms with van der Waals surface area (Å²) in [4.78, 5) is 13.8. The van der Waals surface area contributed by atoms with Crippen LogP contribution in [0.3, 0.4) is 0 Å². The first-order valence-electron chi connectivity index (χ1n) is 5.02. The van der Waals surface area contributed by atoms with Crippen LogP contribution in [0.25, 0.3) is 0 Å². The van der Waals surface area contributed by atoms with E-state index < -0.39 is 0 Å². The summed E-state index contributed by atoms with van der Waals surface area (Å²) in [6.07, 6.45) is 0.826. The van der Waals surface area contributed by atoms with Crippen molar-refractivity contribution in [2.75, 3.05) is 19.8 Å². The average Bonchev–Trinajstić information content (AvgIpc) is 2.15. The number of carbonyl (C=O) groups excluding carboxylic acids is 1. The van der Waals surface area contributed by atoms with E-state index in [1.807, 2.05) is 25.7 Å². The fourth-order valence-electron chi connectivity index (χ4n) is 1.61. The van der Waals surface area contributed by atoms with Gasteiger partial charge in [-0.2, -0.15) is 0 Å². The second-order valence-electron chi connectivity index (χ2n) is 4.23. The van der Waals surface area contributed by atoms with Crippen LogP contribution in [0.4, 0.5) is 0 Å². The van der Waals surface area contributed by atoms with Gasteiger partial charge in [0, 0.05) is 6.54 Å². The maximum Gasteiger partial charge on any atom is 0.236 e. The molecule has 0 N–H and O–H groups in total. The summed E-state index contributed by atoms with van der Waals surface area (Å²) in [5.74, 6) is 0.181. The highest BCUT2D eigenvalue weighted by molar-refractivity contribution is 9.10. The molecule has 1 amide bonds. The van der Waals surface area contributed by atoms with Gasteiger partial charge < -0.3 is 9.64 Å². The number of ether oxygens (including phenoxy) is 1. The number of amides is 1. The predicted octanol–water partition coefficient (Wildman–Crippen LogP) is 1.80. The lowest BCUT2D eigenvalue weighted by atomic mass is 10.0. The van der Waals surface area contributed by atoms with Gasteiger partial charge in [0.05, 0.1) is 23.6 Å². The molecule has 14 heavy (non-hydrogen) atoms. The molecule has 1 unspecified atom stereocenters. The third-order valence-corrected chi connectivity index (χ3v) is 3.58. The van der Waals surface area contributed by atoms with Gasteiger partial charge in [0.15, 0.2) is 0 Å². The van der Waals surface area contributed by atoms with Crippen molar-refractivity contribution < 1.29 is 9.53 Å². The zero-order chi connectivity index (χ0) is 10.8. The third kappa shape index (κ3) is 2.48. The number of nitrogens with zero attached hydrogens (tertiary/aromatic N) is 1. The summed E-state index contributed by atoms with van der Waals surface area (Å²) >= 11 is 3.40. The quantitative estimate of drug-likeness (QED) is 0.712. The van der Waals surface area contributed by atoms with E-state index in [2.05, 4.69) is 15.9 Å². The molecular formula is C10H18BrNO2. The van der Waals surface area contributed by atoms with Gasteiger partial charge in [-0.1, -0.05) is 22.9 Å². The van der Waals surface area contributed by atoms with Crippen molar-refractivity contribution in [1.29, 1.82) is 0 Å². The van der Waals surface area contributed by atoms with Crippen molar-refractivity contribution in [2.45, 2.75) is 37.6 Å². The topological polar surface area (TPSA) is 29.5 Å². The van der Waals surface area contributed by atoms with Gasteiger partial charge in [0.25, 0.3) is 0 Å². The van der Waals surface area contributed by atoms with E-state index >= 15 is 0 Å². The van der Waals surface area contributed by atoms with Gasteiger partial charge in [0.1, 0.15) is 0 Å². The minimum absolute atomic E-state index is 0.0557. The van der Waals surface area contributed by atoms with Crippen LogP contribution in [0.1, 0.15) is 27.2 Å². The Balaban J connectivity index is 2.69. The second kappa shape index (κ2) is 4.62. The molecule has 1 rings (SSSR count). The normalized spacial score (nSPS) is 23.3. The molecule has 1 aliphatic rings. The fourth-order valence-corrected chi connectivity index (χ4v) is 1.86. The van der Waals surface area contributed by atoms with E-state index in [1.54, 1.807) is 0 Å². The van der Waals surface area contributed by atoms with Crippen LogP contribution < -0.4 is 0 Å². The number of hydrogen-bond donors (Lipinski definition) is 0. The van der Waals surface area contributed by atoms with Crippen LogP contribution in [-0.2, 0) is 9.53 Å². The molecule has 0 aromatic rings. The first-order chi connectivity index (χ1) is 6.49. The van der Waals surface area contributed by atoms with E-state index in [9.17, 15) is 4.79 Å². The van der Waals surface area contributed by atoms with Crippen molar-refractivity contribution in [3.05, 3.63) is 0 Å². The summed E-state index contributed by atoms with van der Waals surface area (Å²) in [5.41, 5.74) is -0.170. The van der Waals surface area contributed by atoms with Crippen molar-refractivity contribution in [2.24, 2.45) is 0 Å². The van der Waals surface area contributed by atoms with Crippen LogP contribution in [0.15, 0.2) is 0 Å². The van der Waals surface area contributed by atoms with E-state index in [4.69, 9.17) is 4.74 Å². The van der Waals surface area contributed by atoms with Gasteiger partial charge in [-0.25, -0.2) is 0 Å². The van der Waals surface area contributed by atoms with Crippen molar-refractivity contribution >= 4 is 21.8 Å². The molecule has 0 radical (unpaired) electrons. The van der Waals surface area contributed by atoms with E-state index in [0.29, 0.717) is 19.8 Å². The molecule has 4 heteroatoms. The Bertz CT molecular complexity index is 218. The molecule has 1 aliphatic heterocycles. The standard InChI is InChI=1S/C10H18BrNO2/c1-4-8(11)9(13)12-5-6-14-7-10(12,2)3/h8H,4-7H2,1-3H3. The van der Waals surface area contributed by atoms with Crippen LogP contribution in [0, 0.1) is 0 Å². The van der Waals surface area contributed by atoms with Gasteiger partial charge in [-0.3, -0.25) is 4.79 Å². The number of rotatable bonds is 2.